The lowest BCUT2D eigenvalue weighted by atomic mass is 9.94. The summed E-state index contributed by atoms with van der Waals surface area (Å²) in [6.07, 6.45) is 7.85. The number of nitrogens with one attached hydrogen (secondary N) is 2. The van der Waals surface area contributed by atoms with Gasteiger partial charge in [0.1, 0.15) is 6.10 Å². The zero-order valence-electron chi connectivity index (χ0n) is 25.9. The van der Waals surface area contributed by atoms with Crippen LogP contribution in [-0.2, 0) is 30.3 Å². The molecule has 8 heteroatoms. The van der Waals surface area contributed by atoms with E-state index in [-0.39, 0.29) is 43.8 Å². The molecular weight excluding hydrogens is 556 g/mol. The lowest BCUT2D eigenvalue weighted by molar-refractivity contribution is -0.158. The van der Waals surface area contributed by atoms with Crippen molar-refractivity contribution in [2.45, 2.75) is 75.5 Å². The van der Waals surface area contributed by atoms with Crippen molar-refractivity contribution < 1.29 is 29.0 Å². The molecule has 44 heavy (non-hydrogen) atoms. The molecule has 0 aliphatic heterocycles. The van der Waals surface area contributed by atoms with Crippen LogP contribution in [0.5, 0.6) is 0 Å². The minimum atomic E-state index is -0.830. The molecule has 0 saturated heterocycles. The van der Waals surface area contributed by atoms with Crippen molar-refractivity contribution in [3.05, 3.63) is 97.1 Å². The topological polar surface area (TPSA) is 114 Å². The van der Waals surface area contributed by atoms with E-state index >= 15 is 0 Å². The third kappa shape index (κ3) is 10.5. The summed E-state index contributed by atoms with van der Waals surface area (Å²) in [6, 6.07) is 18.4. The lowest BCUT2D eigenvalue weighted by Crippen LogP contribution is -2.51. The van der Waals surface area contributed by atoms with Crippen LogP contribution in [0.3, 0.4) is 0 Å². The van der Waals surface area contributed by atoms with Crippen LogP contribution in [0.2, 0.25) is 0 Å². The number of methoxy groups -OCH3 is 1. The van der Waals surface area contributed by atoms with E-state index in [9.17, 15) is 19.5 Å². The van der Waals surface area contributed by atoms with Crippen LogP contribution in [0.1, 0.15) is 68.6 Å². The van der Waals surface area contributed by atoms with E-state index in [4.69, 9.17) is 9.47 Å². The molecule has 0 bridgehead atoms. The summed E-state index contributed by atoms with van der Waals surface area (Å²) < 4.78 is 11.7. The molecule has 1 fully saturated rings. The molecule has 3 rings (SSSR count). The van der Waals surface area contributed by atoms with E-state index in [0.29, 0.717) is 32.1 Å². The molecule has 0 aromatic heterocycles. The molecule has 0 unspecified atom stereocenters. The summed E-state index contributed by atoms with van der Waals surface area (Å²) in [5.41, 5.74) is 1.12. The van der Waals surface area contributed by atoms with Crippen molar-refractivity contribution in [3.63, 3.8) is 0 Å². The van der Waals surface area contributed by atoms with Crippen molar-refractivity contribution in [1.29, 1.82) is 0 Å². The van der Waals surface area contributed by atoms with E-state index in [0.717, 1.165) is 24.0 Å². The smallest absolute Gasteiger partial charge is 0.309 e. The second kappa shape index (κ2) is 18.1. The standard InChI is InChI=1S/C36H48N2O6/c1-4-6-18-30(23-27-16-9-7-10-17-27)35(42)44-33(28-19-11-8-12-20-28)31(25-43-3)37-34(41)29(15-5-2)24-32(40)38-36(26-39)21-13-14-22-36/h4-5,7-12,16-17,19-20,29-31,33,39H,1-2,6,13-15,18,21-26H2,3H3,(H,37,41)(H,38,40)/t29-,30+,31-,33-/m0/s1. The fourth-order valence-electron chi connectivity index (χ4n) is 5.88. The first-order valence-electron chi connectivity index (χ1n) is 15.6. The molecule has 238 valence electrons. The zero-order valence-corrected chi connectivity index (χ0v) is 25.9. The van der Waals surface area contributed by atoms with Gasteiger partial charge in [0.15, 0.2) is 0 Å². The number of benzene rings is 2. The van der Waals surface area contributed by atoms with Crippen molar-refractivity contribution >= 4 is 17.8 Å². The number of allylic oxidation sites excluding steroid dienone is 2. The Morgan fingerprint density at radius 1 is 0.977 bits per heavy atom. The molecule has 3 N–H and O–H groups in total. The van der Waals surface area contributed by atoms with E-state index < -0.39 is 29.5 Å². The van der Waals surface area contributed by atoms with Gasteiger partial charge in [0.2, 0.25) is 11.8 Å². The van der Waals surface area contributed by atoms with E-state index in [1.165, 1.54) is 7.11 Å². The molecule has 0 heterocycles. The average Bonchev–Trinajstić information content (AvgIpc) is 3.51. The minimum Gasteiger partial charge on any atom is -0.455 e. The van der Waals surface area contributed by atoms with Gasteiger partial charge in [0, 0.05) is 13.5 Å². The fraction of sp³-hybridized carbons (Fsp3) is 0.472. The Labute approximate surface area is 261 Å². The van der Waals surface area contributed by atoms with Crippen LogP contribution in [0.25, 0.3) is 0 Å². The molecule has 1 aliphatic rings. The van der Waals surface area contributed by atoms with Crippen LogP contribution in [0.4, 0.5) is 0 Å². The van der Waals surface area contributed by atoms with Crippen LogP contribution >= 0.6 is 0 Å². The molecule has 8 nitrogen and oxygen atoms in total. The Morgan fingerprint density at radius 2 is 1.64 bits per heavy atom. The third-order valence-electron chi connectivity index (χ3n) is 8.31. The van der Waals surface area contributed by atoms with E-state index in [1.807, 2.05) is 60.7 Å². The number of hydrogen-bond donors (Lipinski definition) is 3. The van der Waals surface area contributed by atoms with Gasteiger partial charge in [-0.1, -0.05) is 85.7 Å². The highest BCUT2D eigenvalue weighted by atomic mass is 16.5. The predicted molar refractivity (Wildman–Crippen MR) is 171 cm³/mol. The van der Waals surface area contributed by atoms with Gasteiger partial charge in [-0.25, -0.2) is 0 Å². The predicted octanol–water partition coefficient (Wildman–Crippen LogP) is 5.23. The normalized spacial score (nSPS) is 16.6. The average molecular weight is 605 g/mol. The number of ether oxygens (including phenoxy) is 2. The van der Waals surface area contributed by atoms with Gasteiger partial charge in [-0.15, -0.1) is 13.2 Å². The minimum absolute atomic E-state index is 0.0597. The molecule has 2 aromatic carbocycles. The molecule has 1 saturated carbocycles. The summed E-state index contributed by atoms with van der Waals surface area (Å²) in [5.74, 6) is -2.13. The van der Waals surface area contributed by atoms with Crippen molar-refractivity contribution in [2.24, 2.45) is 11.8 Å². The number of carbonyl (C=O) groups is 3. The van der Waals surface area contributed by atoms with Crippen molar-refractivity contribution in [3.8, 4) is 0 Å². The Bertz CT molecular complexity index is 1200. The van der Waals surface area contributed by atoms with Gasteiger partial charge < -0.3 is 25.2 Å². The molecule has 2 aromatic rings. The van der Waals surface area contributed by atoms with Crippen LogP contribution < -0.4 is 10.6 Å². The second-order valence-electron chi connectivity index (χ2n) is 11.7. The van der Waals surface area contributed by atoms with E-state index in [2.05, 4.69) is 23.8 Å². The lowest BCUT2D eigenvalue weighted by Gasteiger charge is -2.31. The molecule has 1 aliphatic carbocycles. The van der Waals surface area contributed by atoms with Crippen LogP contribution in [0.15, 0.2) is 86.0 Å². The largest absolute Gasteiger partial charge is 0.455 e. The highest BCUT2D eigenvalue weighted by molar-refractivity contribution is 5.86. The maximum atomic E-state index is 13.7. The first-order valence-corrected chi connectivity index (χ1v) is 15.6. The maximum Gasteiger partial charge on any atom is 0.309 e. The number of rotatable bonds is 19. The van der Waals surface area contributed by atoms with Gasteiger partial charge >= 0.3 is 5.97 Å². The van der Waals surface area contributed by atoms with Gasteiger partial charge in [-0.05, 0) is 49.7 Å². The second-order valence-corrected chi connectivity index (χ2v) is 11.7. The van der Waals surface area contributed by atoms with Crippen LogP contribution in [-0.4, -0.2) is 54.8 Å². The molecule has 4 atom stereocenters. The SMILES string of the molecule is C=CCC[C@H](Cc1ccccc1)C(=O)O[C@@H](c1ccccc1)[C@H](COC)NC(=O)[C@@H](CC=C)CC(=O)NC1(CO)CCCC1. The summed E-state index contributed by atoms with van der Waals surface area (Å²) >= 11 is 0. The highest BCUT2D eigenvalue weighted by Gasteiger charge is 2.37. The molecule has 2 amide bonds. The first-order chi connectivity index (χ1) is 21.3. The monoisotopic (exact) mass is 604 g/mol. The third-order valence-corrected chi connectivity index (χ3v) is 8.31. The van der Waals surface area contributed by atoms with Crippen molar-refractivity contribution in [2.75, 3.05) is 20.3 Å². The number of aliphatic hydroxyl groups is 1. The van der Waals surface area contributed by atoms with Gasteiger partial charge in [-0.3, -0.25) is 14.4 Å². The number of amides is 2. The maximum absolute atomic E-state index is 13.7. The number of aliphatic hydroxyl groups excluding tert-OH is 1. The van der Waals surface area contributed by atoms with E-state index in [1.54, 1.807) is 12.2 Å². The fourth-order valence-corrected chi connectivity index (χ4v) is 5.88. The van der Waals surface area contributed by atoms with Crippen LogP contribution in [0, 0.1) is 11.8 Å². The van der Waals surface area contributed by atoms with Crippen molar-refractivity contribution in [1.82, 2.24) is 10.6 Å². The quantitative estimate of drug-likeness (QED) is 0.150. The summed E-state index contributed by atoms with van der Waals surface area (Å²) in [6.45, 7) is 7.55. The highest BCUT2D eigenvalue weighted by Crippen LogP contribution is 2.30. The Hall–Kier alpha value is -3.75. The first kappa shape index (κ1) is 34.7. The summed E-state index contributed by atoms with van der Waals surface area (Å²) in [4.78, 5) is 40.5. The molecular formula is C36H48N2O6. The van der Waals surface area contributed by atoms with Gasteiger partial charge in [0.05, 0.1) is 36.6 Å². The summed E-state index contributed by atoms with van der Waals surface area (Å²) in [5, 5.41) is 15.9. The van der Waals surface area contributed by atoms with Gasteiger partial charge in [-0.2, -0.15) is 0 Å². The zero-order chi connectivity index (χ0) is 31.8. The number of esters is 1. The summed E-state index contributed by atoms with van der Waals surface area (Å²) in [7, 11) is 1.52. The Morgan fingerprint density at radius 3 is 2.23 bits per heavy atom. The molecule has 0 radical (unpaired) electrons. The Kier molecular flexibility index (Phi) is 14.3. The molecule has 0 spiro atoms. The number of hydrogen-bond acceptors (Lipinski definition) is 6. The van der Waals surface area contributed by atoms with Gasteiger partial charge in [0.25, 0.3) is 0 Å². The number of carbonyl (C=O) groups excluding carboxylic acids is 3. The Balaban J connectivity index is 1.81.